The molecule has 6 nitrogen and oxygen atoms in total. The molecule has 2 aromatic rings. The molecule has 0 bridgehead atoms. The van der Waals surface area contributed by atoms with Gasteiger partial charge < -0.3 is 10.6 Å². The maximum atomic E-state index is 11.8. The Morgan fingerprint density at radius 2 is 1.86 bits per heavy atom. The van der Waals surface area contributed by atoms with Gasteiger partial charge in [0.1, 0.15) is 0 Å². The minimum atomic E-state index is -0.796. The summed E-state index contributed by atoms with van der Waals surface area (Å²) in [5.74, 6) is -1.50. The summed E-state index contributed by atoms with van der Waals surface area (Å²) in [7, 11) is 0. The fraction of sp³-hybridized carbons (Fsp3) is 0.286. The largest absolute Gasteiger partial charge is 0.355 e. The number of anilines is 2. The average molecular weight is 445 g/mol. The Labute approximate surface area is 173 Å². The van der Waals surface area contributed by atoms with Gasteiger partial charge in [0.15, 0.2) is 0 Å². The lowest BCUT2D eigenvalue weighted by atomic mass is 10.1. The first kappa shape index (κ1) is 21.6. The molecule has 2 aromatic carbocycles. The van der Waals surface area contributed by atoms with Gasteiger partial charge >= 0.3 is 11.8 Å². The number of nitrogens with zero attached hydrogens (tertiary/aromatic N) is 1. The van der Waals surface area contributed by atoms with E-state index in [-0.39, 0.29) is 6.04 Å². The Kier molecular flexibility index (Phi) is 7.75. The highest BCUT2D eigenvalue weighted by atomic mass is 79.9. The van der Waals surface area contributed by atoms with Crippen LogP contribution in [0.5, 0.6) is 0 Å². The molecule has 3 N–H and O–H groups in total. The number of aryl methyl sites for hydroxylation is 2. The number of rotatable bonds is 6. The van der Waals surface area contributed by atoms with E-state index in [2.05, 4.69) is 55.3 Å². The lowest BCUT2D eigenvalue weighted by Gasteiger charge is -2.13. The number of hydrogen-bond acceptors (Lipinski definition) is 4. The summed E-state index contributed by atoms with van der Waals surface area (Å²) in [6.45, 7) is 7.83. The lowest BCUT2D eigenvalue weighted by Crippen LogP contribution is -2.41. The molecule has 2 rings (SSSR count). The molecule has 1 atom stereocenters. The standard InChI is InChI=1S/C21H25BrN4O2/c1-5-15(4)24-20(27)21(28)26-23-12-16-11-17(22)8-9-18(16)25-19-10-13(2)6-7-14(19)3/h6-12,15,25H,5H2,1-4H3,(H,24,27)(H,26,28)/b23-12-/t15-/m1/s1. The van der Waals surface area contributed by atoms with Gasteiger partial charge in [0, 0.05) is 27.5 Å². The molecular formula is C21H25BrN4O2. The first-order valence-corrected chi connectivity index (χ1v) is 9.87. The Balaban J connectivity index is 2.14. The van der Waals surface area contributed by atoms with E-state index in [0.717, 1.165) is 39.0 Å². The smallest absolute Gasteiger partial charge is 0.329 e. The van der Waals surface area contributed by atoms with Crippen LogP contribution in [0.15, 0.2) is 46.0 Å². The van der Waals surface area contributed by atoms with Gasteiger partial charge in [0.05, 0.1) is 6.21 Å². The summed E-state index contributed by atoms with van der Waals surface area (Å²) in [5, 5.41) is 9.93. The Bertz CT molecular complexity index is 896. The lowest BCUT2D eigenvalue weighted by molar-refractivity contribution is -0.139. The van der Waals surface area contributed by atoms with Crippen LogP contribution in [0.2, 0.25) is 0 Å². The van der Waals surface area contributed by atoms with E-state index in [0.29, 0.717) is 0 Å². The van der Waals surface area contributed by atoms with E-state index in [1.54, 1.807) is 0 Å². The van der Waals surface area contributed by atoms with Crippen LogP contribution in [0.25, 0.3) is 0 Å². The van der Waals surface area contributed by atoms with Gasteiger partial charge in [-0.1, -0.05) is 35.0 Å². The second kappa shape index (κ2) is 10.0. The van der Waals surface area contributed by atoms with Crippen molar-refractivity contribution in [3.05, 3.63) is 57.6 Å². The monoisotopic (exact) mass is 444 g/mol. The van der Waals surface area contributed by atoms with E-state index in [4.69, 9.17) is 0 Å². The third kappa shape index (κ3) is 6.20. The fourth-order valence-electron chi connectivity index (χ4n) is 2.37. The number of nitrogens with one attached hydrogen (secondary N) is 3. The number of benzene rings is 2. The molecule has 0 heterocycles. The quantitative estimate of drug-likeness (QED) is 0.355. The molecule has 28 heavy (non-hydrogen) atoms. The van der Waals surface area contributed by atoms with Crippen LogP contribution in [0.3, 0.4) is 0 Å². The van der Waals surface area contributed by atoms with E-state index in [1.165, 1.54) is 6.21 Å². The van der Waals surface area contributed by atoms with Crippen molar-refractivity contribution >= 4 is 45.3 Å². The predicted octanol–water partition coefficient (Wildman–Crippen LogP) is 4.17. The SMILES string of the molecule is CC[C@@H](C)NC(=O)C(=O)N/N=C\c1cc(Br)ccc1Nc1cc(C)ccc1C. The van der Waals surface area contributed by atoms with Crippen LogP contribution in [0, 0.1) is 13.8 Å². The molecule has 0 aliphatic heterocycles. The van der Waals surface area contributed by atoms with Crippen molar-refractivity contribution in [3.63, 3.8) is 0 Å². The zero-order chi connectivity index (χ0) is 20.7. The minimum Gasteiger partial charge on any atom is -0.355 e. The molecular weight excluding hydrogens is 420 g/mol. The number of halogens is 1. The molecule has 0 unspecified atom stereocenters. The summed E-state index contributed by atoms with van der Waals surface area (Å²) in [6, 6.07) is 11.8. The van der Waals surface area contributed by atoms with Crippen LogP contribution >= 0.6 is 15.9 Å². The minimum absolute atomic E-state index is 0.0688. The maximum Gasteiger partial charge on any atom is 0.329 e. The van der Waals surface area contributed by atoms with Gasteiger partial charge in [-0.05, 0) is 62.6 Å². The third-order valence-electron chi connectivity index (χ3n) is 4.24. The number of hydrazone groups is 1. The average Bonchev–Trinajstić information content (AvgIpc) is 2.66. The normalized spacial score (nSPS) is 11.9. The van der Waals surface area contributed by atoms with Crippen LogP contribution in [-0.4, -0.2) is 24.1 Å². The predicted molar refractivity (Wildman–Crippen MR) is 117 cm³/mol. The molecule has 0 fully saturated rings. The molecule has 0 saturated heterocycles. The zero-order valence-electron chi connectivity index (χ0n) is 16.5. The molecule has 2 amide bonds. The van der Waals surface area contributed by atoms with Gasteiger partial charge in [-0.15, -0.1) is 0 Å². The molecule has 0 aliphatic carbocycles. The first-order valence-electron chi connectivity index (χ1n) is 9.08. The summed E-state index contributed by atoms with van der Waals surface area (Å²) in [6.07, 6.45) is 2.25. The molecule has 7 heteroatoms. The van der Waals surface area contributed by atoms with Crippen LogP contribution < -0.4 is 16.1 Å². The second-order valence-corrected chi connectivity index (χ2v) is 7.57. The highest BCUT2D eigenvalue weighted by Gasteiger charge is 2.14. The topological polar surface area (TPSA) is 82.6 Å². The van der Waals surface area contributed by atoms with Gasteiger partial charge in [0.25, 0.3) is 0 Å². The number of carbonyl (C=O) groups excluding carboxylic acids is 2. The molecule has 0 aromatic heterocycles. The van der Waals surface area contributed by atoms with Crippen LogP contribution in [0.1, 0.15) is 37.0 Å². The van der Waals surface area contributed by atoms with Crippen molar-refractivity contribution in [2.24, 2.45) is 5.10 Å². The first-order chi connectivity index (χ1) is 13.3. The van der Waals surface area contributed by atoms with Crippen molar-refractivity contribution in [1.82, 2.24) is 10.7 Å². The molecule has 0 spiro atoms. The van der Waals surface area contributed by atoms with Gasteiger partial charge in [0.2, 0.25) is 0 Å². The molecule has 148 valence electrons. The third-order valence-corrected chi connectivity index (χ3v) is 4.74. The van der Waals surface area contributed by atoms with Crippen LogP contribution in [-0.2, 0) is 9.59 Å². The van der Waals surface area contributed by atoms with Crippen molar-refractivity contribution in [1.29, 1.82) is 0 Å². The summed E-state index contributed by atoms with van der Waals surface area (Å²) in [4.78, 5) is 23.6. The molecule has 0 saturated carbocycles. The van der Waals surface area contributed by atoms with E-state index in [1.807, 2.05) is 45.9 Å². The van der Waals surface area contributed by atoms with Crippen molar-refractivity contribution in [2.75, 3.05) is 5.32 Å². The maximum absolute atomic E-state index is 11.8. The van der Waals surface area contributed by atoms with E-state index < -0.39 is 11.8 Å². The number of amides is 2. The summed E-state index contributed by atoms with van der Waals surface area (Å²) < 4.78 is 0.876. The number of hydrogen-bond donors (Lipinski definition) is 3. The van der Waals surface area contributed by atoms with Crippen molar-refractivity contribution < 1.29 is 9.59 Å². The number of carbonyl (C=O) groups is 2. The van der Waals surface area contributed by atoms with Crippen molar-refractivity contribution in [3.8, 4) is 0 Å². The second-order valence-electron chi connectivity index (χ2n) is 6.66. The van der Waals surface area contributed by atoms with E-state index in [9.17, 15) is 9.59 Å². The molecule has 0 radical (unpaired) electrons. The van der Waals surface area contributed by atoms with Crippen molar-refractivity contribution in [2.45, 2.75) is 40.2 Å². The summed E-state index contributed by atoms with van der Waals surface area (Å²) in [5.41, 5.74) is 7.13. The van der Waals surface area contributed by atoms with Gasteiger partial charge in [-0.25, -0.2) is 5.43 Å². The summed E-state index contributed by atoms with van der Waals surface area (Å²) >= 11 is 3.45. The highest BCUT2D eigenvalue weighted by Crippen LogP contribution is 2.26. The Morgan fingerprint density at radius 3 is 2.57 bits per heavy atom. The van der Waals surface area contributed by atoms with Crippen LogP contribution in [0.4, 0.5) is 11.4 Å². The highest BCUT2D eigenvalue weighted by molar-refractivity contribution is 9.10. The van der Waals surface area contributed by atoms with E-state index >= 15 is 0 Å². The van der Waals surface area contributed by atoms with Gasteiger partial charge in [-0.3, -0.25) is 9.59 Å². The van der Waals surface area contributed by atoms with Gasteiger partial charge in [-0.2, -0.15) is 5.10 Å². The zero-order valence-corrected chi connectivity index (χ0v) is 18.1. The Morgan fingerprint density at radius 1 is 1.11 bits per heavy atom. The molecule has 0 aliphatic rings. The fourth-order valence-corrected chi connectivity index (χ4v) is 2.75. The Hall–Kier alpha value is -2.67.